The van der Waals surface area contributed by atoms with Gasteiger partial charge in [0.2, 0.25) is 5.91 Å². The highest BCUT2D eigenvalue weighted by atomic mass is 35.5. The fourth-order valence-electron chi connectivity index (χ4n) is 1.96. The summed E-state index contributed by atoms with van der Waals surface area (Å²) in [4.78, 5) is 13.8. The van der Waals surface area contributed by atoms with Gasteiger partial charge < -0.3 is 10.2 Å². The first-order chi connectivity index (χ1) is 8.18. The normalized spacial score (nSPS) is 17.8. The predicted octanol–water partition coefficient (Wildman–Crippen LogP) is 2.36. The van der Waals surface area contributed by atoms with Crippen LogP contribution in [-0.4, -0.2) is 25.5 Å². The van der Waals surface area contributed by atoms with Gasteiger partial charge in [-0.25, -0.2) is 0 Å². The number of carbonyl (C=O) groups excluding carboxylic acids is 1. The summed E-state index contributed by atoms with van der Waals surface area (Å²) in [5.74, 6) is 0.186. The molecule has 17 heavy (non-hydrogen) atoms. The summed E-state index contributed by atoms with van der Waals surface area (Å²) < 4.78 is 0. The van der Waals surface area contributed by atoms with E-state index in [0.29, 0.717) is 18.0 Å². The molecule has 1 saturated heterocycles. The first-order valence-corrected chi connectivity index (χ1v) is 6.33. The van der Waals surface area contributed by atoms with Crippen molar-refractivity contribution in [1.82, 2.24) is 5.32 Å². The van der Waals surface area contributed by atoms with Gasteiger partial charge in [0.15, 0.2) is 0 Å². The number of carbonyl (C=O) groups is 1. The van der Waals surface area contributed by atoms with Crippen LogP contribution < -0.4 is 10.2 Å². The summed E-state index contributed by atoms with van der Waals surface area (Å²) >= 11 is 6.10. The first-order valence-electron chi connectivity index (χ1n) is 5.96. The lowest BCUT2D eigenvalue weighted by molar-refractivity contribution is -0.118. The van der Waals surface area contributed by atoms with Crippen LogP contribution in [0, 0.1) is 6.92 Å². The zero-order valence-electron chi connectivity index (χ0n) is 10.0. The van der Waals surface area contributed by atoms with Crippen molar-refractivity contribution in [3.8, 4) is 0 Å². The highest BCUT2D eigenvalue weighted by Gasteiger charge is 2.17. The molecule has 1 heterocycles. The van der Waals surface area contributed by atoms with Crippen LogP contribution in [0.3, 0.4) is 0 Å². The fourth-order valence-corrected chi connectivity index (χ4v) is 2.14. The van der Waals surface area contributed by atoms with Crippen molar-refractivity contribution >= 4 is 23.2 Å². The minimum Gasteiger partial charge on any atom is -0.315 e. The van der Waals surface area contributed by atoms with E-state index in [0.717, 1.165) is 30.8 Å². The maximum atomic E-state index is 12.0. The van der Waals surface area contributed by atoms with E-state index in [9.17, 15) is 4.79 Å². The second-order valence-electron chi connectivity index (χ2n) is 4.33. The molecule has 0 aromatic heterocycles. The molecule has 3 nitrogen and oxygen atoms in total. The highest BCUT2D eigenvalue weighted by molar-refractivity contribution is 6.31. The third-order valence-electron chi connectivity index (χ3n) is 3.02. The Morgan fingerprint density at radius 3 is 2.94 bits per heavy atom. The molecule has 0 unspecified atom stereocenters. The summed E-state index contributed by atoms with van der Waals surface area (Å²) in [6.07, 6.45) is 1.49. The SMILES string of the molecule is Cc1ccc(N2CCNCCCC2=O)cc1Cl. The van der Waals surface area contributed by atoms with Gasteiger partial charge in [-0.2, -0.15) is 0 Å². The third kappa shape index (κ3) is 2.99. The predicted molar refractivity (Wildman–Crippen MR) is 70.6 cm³/mol. The van der Waals surface area contributed by atoms with Gasteiger partial charge in [0.25, 0.3) is 0 Å². The second-order valence-corrected chi connectivity index (χ2v) is 4.74. The molecule has 92 valence electrons. The maximum Gasteiger partial charge on any atom is 0.227 e. The van der Waals surface area contributed by atoms with E-state index >= 15 is 0 Å². The van der Waals surface area contributed by atoms with Crippen LogP contribution in [0.4, 0.5) is 5.69 Å². The molecule has 0 radical (unpaired) electrons. The highest BCUT2D eigenvalue weighted by Crippen LogP contribution is 2.24. The van der Waals surface area contributed by atoms with Crippen molar-refractivity contribution in [3.05, 3.63) is 28.8 Å². The van der Waals surface area contributed by atoms with Gasteiger partial charge in [0.1, 0.15) is 0 Å². The van der Waals surface area contributed by atoms with Crippen LogP contribution in [0.1, 0.15) is 18.4 Å². The van der Waals surface area contributed by atoms with Gasteiger partial charge in [0, 0.05) is 30.2 Å². The average Bonchev–Trinajstić information content (AvgIpc) is 2.28. The smallest absolute Gasteiger partial charge is 0.227 e. The number of nitrogens with zero attached hydrogens (tertiary/aromatic N) is 1. The number of aryl methyl sites for hydroxylation is 1. The van der Waals surface area contributed by atoms with Crippen LogP contribution in [0.15, 0.2) is 18.2 Å². The lowest BCUT2D eigenvalue weighted by atomic mass is 10.1. The van der Waals surface area contributed by atoms with Gasteiger partial charge in [-0.05, 0) is 37.6 Å². The molecule has 4 heteroatoms. The molecule has 1 fully saturated rings. The van der Waals surface area contributed by atoms with E-state index in [1.54, 1.807) is 0 Å². The Morgan fingerprint density at radius 1 is 1.35 bits per heavy atom. The van der Waals surface area contributed by atoms with Crippen molar-refractivity contribution in [2.24, 2.45) is 0 Å². The van der Waals surface area contributed by atoms with Crippen LogP contribution >= 0.6 is 11.6 Å². The number of hydrogen-bond acceptors (Lipinski definition) is 2. The number of hydrogen-bond donors (Lipinski definition) is 1. The molecule has 1 aliphatic heterocycles. The van der Waals surface area contributed by atoms with Gasteiger partial charge in [-0.3, -0.25) is 4.79 Å². The van der Waals surface area contributed by atoms with Crippen LogP contribution in [0.5, 0.6) is 0 Å². The minimum absolute atomic E-state index is 0.186. The molecule has 0 saturated carbocycles. The quantitative estimate of drug-likeness (QED) is 0.832. The third-order valence-corrected chi connectivity index (χ3v) is 3.43. The molecule has 1 N–H and O–H groups in total. The molecule has 1 aliphatic rings. The van der Waals surface area contributed by atoms with Crippen molar-refractivity contribution < 1.29 is 4.79 Å². The standard InChI is InChI=1S/C13H17ClN2O/c1-10-4-5-11(9-12(10)14)16-8-7-15-6-2-3-13(16)17/h4-5,9,15H,2-3,6-8H2,1H3. The average molecular weight is 253 g/mol. The summed E-state index contributed by atoms with van der Waals surface area (Å²) in [6, 6.07) is 5.79. The number of anilines is 1. The molecule has 0 bridgehead atoms. The summed E-state index contributed by atoms with van der Waals surface area (Å²) in [6.45, 7) is 4.42. The van der Waals surface area contributed by atoms with Gasteiger partial charge in [0.05, 0.1) is 0 Å². The van der Waals surface area contributed by atoms with Crippen LogP contribution in [0.2, 0.25) is 5.02 Å². The Kier molecular flexibility index (Phi) is 4.02. The lowest BCUT2D eigenvalue weighted by Crippen LogP contribution is -2.39. The molecule has 0 atom stereocenters. The van der Waals surface area contributed by atoms with Gasteiger partial charge in [-0.1, -0.05) is 17.7 Å². The molecular weight excluding hydrogens is 236 g/mol. The van der Waals surface area contributed by atoms with Crippen molar-refractivity contribution in [2.75, 3.05) is 24.5 Å². The van der Waals surface area contributed by atoms with E-state index in [1.165, 1.54) is 0 Å². The monoisotopic (exact) mass is 252 g/mol. The Balaban J connectivity index is 2.22. The Labute approximate surface area is 107 Å². The molecule has 1 aromatic rings. The first kappa shape index (κ1) is 12.4. The minimum atomic E-state index is 0.186. The fraction of sp³-hybridized carbons (Fsp3) is 0.462. The number of amides is 1. The molecule has 0 aliphatic carbocycles. The zero-order valence-corrected chi connectivity index (χ0v) is 10.8. The van der Waals surface area contributed by atoms with Crippen LogP contribution in [0.25, 0.3) is 0 Å². The van der Waals surface area contributed by atoms with Crippen molar-refractivity contribution in [3.63, 3.8) is 0 Å². The Morgan fingerprint density at radius 2 is 2.18 bits per heavy atom. The number of nitrogens with one attached hydrogen (secondary N) is 1. The lowest BCUT2D eigenvalue weighted by Gasteiger charge is -2.25. The van der Waals surface area contributed by atoms with E-state index in [2.05, 4.69) is 5.32 Å². The maximum absolute atomic E-state index is 12.0. The molecule has 1 aromatic carbocycles. The Bertz CT molecular complexity index is 420. The summed E-state index contributed by atoms with van der Waals surface area (Å²) in [5.41, 5.74) is 1.93. The van der Waals surface area contributed by atoms with Crippen molar-refractivity contribution in [1.29, 1.82) is 0 Å². The second kappa shape index (κ2) is 5.52. The largest absolute Gasteiger partial charge is 0.315 e. The van der Waals surface area contributed by atoms with Gasteiger partial charge >= 0.3 is 0 Å². The van der Waals surface area contributed by atoms with Gasteiger partial charge in [-0.15, -0.1) is 0 Å². The van der Waals surface area contributed by atoms with Crippen molar-refractivity contribution in [2.45, 2.75) is 19.8 Å². The van der Waals surface area contributed by atoms with E-state index in [4.69, 9.17) is 11.6 Å². The van der Waals surface area contributed by atoms with E-state index < -0.39 is 0 Å². The number of benzene rings is 1. The Hall–Kier alpha value is -1.06. The number of rotatable bonds is 1. The van der Waals surface area contributed by atoms with E-state index in [1.807, 2.05) is 30.0 Å². The zero-order chi connectivity index (χ0) is 12.3. The van der Waals surface area contributed by atoms with Crippen LogP contribution in [-0.2, 0) is 4.79 Å². The molecule has 0 spiro atoms. The van der Waals surface area contributed by atoms with E-state index in [-0.39, 0.29) is 5.91 Å². The molecule has 2 rings (SSSR count). The summed E-state index contributed by atoms with van der Waals surface area (Å²) in [7, 11) is 0. The molecule has 1 amide bonds. The topological polar surface area (TPSA) is 32.3 Å². The number of halogens is 1. The molecular formula is C13H17ClN2O. The summed E-state index contributed by atoms with van der Waals surface area (Å²) in [5, 5.41) is 4.02.